The van der Waals surface area contributed by atoms with Crippen molar-refractivity contribution in [2.45, 2.75) is 55.3 Å². The molecule has 4 aromatic rings. The number of nitrogens with zero attached hydrogens (tertiary/aromatic N) is 6. The van der Waals surface area contributed by atoms with E-state index in [1.165, 1.54) is 16.8 Å². The lowest BCUT2D eigenvalue weighted by molar-refractivity contribution is -0.196. The van der Waals surface area contributed by atoms with Crippen molar-refractivity contribution in [1.82, 2.24) is 34.1 Å². The molecule has 0 aliphatic carbocycles. The molecule has 3 fully saturated rings. The van der Waals surface area contributed by atoms with Crippen LogP contribution >= 0.6 is 26.9 Å². The third kappa shape index (κ3) is 6.76. The number of nitrogens with one attached hydrogen (secondary N) is 1. The Morgan fingerprint density at radius 1 is 1.04 bits per heavy atom. The van der Waals surface area contributed by atoms with Crippen LogP contribution in [-0.2, 0) is 41.4 Å². The summed E-state index contributed by atoms with van der Waals surface area (Å²) in [6.45, 7) is -8.31. The quantitative estimate of drug-likeness (QED) is 0.123. The topological polar surface area (TPSA) is 286 Å². The Bertz CT molecular complexity index is 2090. The van der Waals surface area contributed by atoms with Gasteiger partial charge in [-0.2, -0.15) is 18.2 Å². The second-order valence-electron chi connectivity index (χ2n) is 11.2. The molecule has 7 rings (SSSR count). The zero-order valence-corrected chi connectivity index (χ0v) is 27.5. The van der Waals surface area contributed by atoms with Gasteiger partial charge in [-0.25, -0.2) is 24.1 Å². The number of thiol groups is 1. The first-order chi connectivity index (χ1) is 23.5. The van der Waals surface area contributed by atoms with E-state index in [4.69, 9.17) is 43.8 Å². The molecular formula is C23H26F3N9O12P2S. The number of aliphatic hydroxyl groups is 1. The highest BCUT2D eigenvalue weighted by Gasteiger charge is 2.55. The number of phosphoric ester groups is 1. The Hall–Kier alpha value is -3.19. The van der Waals surface area contributed by atoms with Gasteiger partial charge in [-0.05, 0) is 6.07 Å². The summed E-state index contributed by atoms with van der Waals surface area (Å²) in [6.07, 6.45) is -14.4. The summed E-state index contributed by atoms with van der Waals surface area (Å²) in [6, 6.07) is 1.54. The second kappa shape index (κ2) is 12.8. The minimum absolute atomic E-state index is 0.118. The van der Waals surface area contributed by atoms with Crippen molar-refractivity contribution in [1.29, 1.82) is 0 Å². The molecule has 10 atom stereocenters. The molecule has 2 bridgehead atoms. The Morgan fingerprint density at radius 2 is 1.78 bits per heavy atom. The average molecular weight is 772 g/mol. The number of hydrogen-bond acceptors (Lipinski definition) is 17. The predicted molar refractivity (Wildman–Crippen MR) is 162 cm³/mol. The third-order valence-corrected chi connectivity index (χ3v) is 10.5. The number of imidazole rings is 1. The maximum atomic E-state index is 13.7. The molecular weight excluding hydrogens is 745 g/mol. The fourth-order valence-electron chi connectivity index (χ4n) is 5.81. The molecule has 4 aromatic heterocycles. The maximum absolute atomic E-state index is 13.7. The Morgan fingerprint density at radius 3 is 2.54 bits per heavy atom. The molecule has 21 nitrogen and oxygen atoms in total. The SMILES string of the molecule is Nc1nc2c(ncn2C2OC3COP(=O)(O)OC4C(COP(=O)(S)OC2C3OCC(F)(F)F)OC(n2ccc3c(N)ncnc32)C4O)c(=O)[nH]1. The van der Waals surface area contributed by atoms with Crippen LogP contribution in [0.3, 0.4) is 0 Å². The summed E-state index contributed by atoms with van der Waals surface area (Å²) in [5.74, 6) is -0.240. The minimum atomic E-state index is -5.22. The molecule has 3 aliphatic heterocycles. The van der Waals surface area contributed by atoms with Gasteiger partial charge in [-0.1, -0.05) is 12.2 Å². The van der Waals surface area contributed by atoms with Gasteiger partial charge in [0.05, 0.1) is 24.9 Å². The van der Waals surface area contributed by atoms with Gasteiger partial charge in [-0.15, -0.1) is 0 Å². The lowest BCUT2D eigenvalue weighted by atomic mass is 10.1. The van der Waals surface area contributed by atoms with Gasteiger partial charge in [0.1, 0.15) is 61.0 Å². The molecule has 272 valence electrons. The molecule has 0 saturated carbocycles. The zero-order chi connectivity index (χ0) is 35.7. The summed E-state index contributed by atoms with van der Waals surface area (Å²) in [7, 11) is -5.22. The Balaban J connectivity index is 1.24. The van der Waals surface area contributed by atoms with Crippen molar-refractivity contribution in [2.24, 2.45) is 0 Å². The Kier molecular flexibility index (Phi) is 9.01. The lowest BCUT2D eigenvalue weighted by Crippen LogP contribution is -2.40. The third-order valence-electron chi connectivity index (χ3n) is 7.89. The van der Waals surface area contributed by atoms with Crippen molar-refractivity contribution >= 4 is 60.8 Å². The molecule has 50 heavy (non-hydrogen) atoms. The highest BCUT2D eigenvalue weighted by molar-refractivity contribution is 8.44. The second-order valence-corrected chi connectivity index (χ2v) is 15.5. The number of nitrogens with two attached hydrogens (primary N) is 2. The van der Waals surface area contributed by atoms with Crippen molar-refractivity contribution in [3.63, 3.8) is 0 Å². The van der Waals surface area contributed by atoms with E-state index in [1.807, 2.05) is 0 Å². The van der Waals surface area contributed by atoms with Crippen LogP contribution in [0.25, 0.3) is 22.2 Å². The summed E-state index contributed by atoms with van der Waals surface area (Å²) in [5.41, 5.74) is 10.6. The first-order valence-electron chi connectivity index (χ1n) is 14.3. The maximum Gasteiger partial charge on any atom is 0.472 e. The van der Waals surface area contributed by atoms with Crippen LogP contribution < -0.4 is 17.0 Å². The van der Waals surface area contributed by atoms with Crippen LogP contribution in [0.4, 0.5) is 24.9 Å². The number of ether oxygens (including phenoxy) is 3. The molecule has 3 saturated heterocycles. The van der Waals surface area contributed by atoms with E-state index in [1.54, 1.807) is 0 Å². The number of rotatable bonds is 4. The van der Waals surface area contributed by atoms with Crippen LogP contribution in [0.1, 0.15) is 12.5 Å². The van der Waals surface area contributed by atoms with Gasteiger partial charge >= 0.3 is 20.8 Å². The highest BCUT2D eigenvalue weighted by atomic mass is 32.7. The molecule has 3 aliphatic rings. The Labute approximate surface area is 281 Å². The van der Waals surface area contributed by atoms with Crippen LogP contribution in [0, 0.1) is 0 Å². The van der Waals surface area contributed by atoms with Gasteiger partial charge in [0.2, 0.25) is 5.95 Å². The highest BCUT2D eigenvalue weighted by Crippen LogP contribution is 2.58. The number of halogens is 3. The van der Waals surface area contributed by atoms with Gasteiger partial charge in [0.25, 0.3) is 5.56 Å². The first kappa shape index (κ1) is 35.2. The number of alkyl halides is 3. The number of nitrogen functional groups attached to an aromatic ring is 2. The molecule has 0 radical (unpaired) electrons. The zero-order valence-electron chi connectivity index (χ0n) is 24.8. The molecule has 10 unspecified atom stereocenters. The number of fused-ring (bicyclic) bond motifs is 5. The number of aromatic nitrogens is 7. The number of hydrogen-bond donors (Lipinski definition) is 6. The van der Waals surface area contributed by atoms with Gasteiger partial charge in [0.15, 0.2) is 23.6 Å². The number of phosphoric acid groups is 1. The minimum Gasteiger partial charge on any atom is -0.386 e. The van der Waals surface area contributed by atoms with Gasteiger partial charge in [-0.3, -0.25) is 32.4 Å². The lowest BCUT2D eigenvalue weighted by Gasteiger charge is -2.27. The smallest absolute Gasteiger partial charge is 0.386 e. The number of aromatic amines is 1. The van der Waals surface area contributed by atoms with E-state index < -0.39 is 95.3 Å². The summed E-state index contributed by atoms with van der Waals surface area (Å²) >= 11 is 4.01. The fraction of sp³-hybridized carbons (Fsp3) is 0.522. The van der Waals surface area contributed by atoms with Crippen LogP contribution in [0.5, 0.6) is 0 Å². The van der Waals surface area contributed by atoms with E-state index in [9.17, 15) is 37.1 Å². The van der Waals surface area contributed by atoms with E-state index in [0.29, 0.717) is 5.39 Å². The van der Waals surface area contributed by atoms with E-state index in [2.05, 4.69) is 37.2 Å². The van der Waals surface area contributed by atoms with Gasteiger partial charge in [0, 0.05) is 6.20 Å². The molecule has 0 aromatic carbocycles. The first-order valence-corrected chi connectivity index (χ1v) is 18.5. The normalized spacial score (nSPS) is 35.5. The molecule has 27 heteroatoms. The van der Waals surface area contributed by atoms with Crippen molar-refractivity contribution in [2.75, 3.05) is 31.3 Å². The largest absolute Gasteiger partial charge is 0.472 e. The van der Waals surface area contributed by atoms with Crippen LogP contribution in [0.15, 0.2) is 29.7 Å². The molecule has 7 N–H and O–H groups in total. The average Bonchev–Trinajstić information content (AvgIpc) is 3.78. The van der Waals surface area contributed by atoms with Crippen LogP contribution in [0.2, 0.25) is 0 Å². The summed E-state index contributed by atoms with van der Waals surface area (Å²) in [4.78, 5) is 41.4. The molecule has 0 amide bonds. The fourth-order valence-corrected chi connectivity index (χ4v) is 8.23. The molecule has 7 heterocycles. The van der Waals surface area contributed by atoms with Crippen molar-refractivity contribution in [3.8, 4) is 0 Å². The van der Waals surface area contributed by atoms with Crippen molar-refractivity contribution in [3.05, 3.63) is 35.3 Å². The van der Waals surface area contributed by atoms with Crippen molar-refractivity contribution < 1.29 is 64.6 Å². The van der Waals surface area contributed by atoms with E-state index >= 15 is 0 Å². The predicted octanol–water partition coefficient (Wildman–Crippen LogP) is 0.788. The summed E-state index contributed by atoms with van der Waals surface area (Å²) < 4.78 is 108. The van der Waals surface area contributed by atoms with E-state index in [-0.39, 0.29) is 28.6 Å². The van der Waals surface area contributed by atoms with E-state index in [0.717, 1.165) is 17.2 Å². The van der Waals surface area contributed by atoms with Crippen LogP contribution in [-0.4, -0.2) is 107 Å². The van der Waals surface area contributed by atoms with Gasteiger partial charge < -0.3 is 40.2 Å². The monoisotopic (exact) mass is 771 g/mol. The number of aliphatic hydroxyl groups excluding tert-OH is 1. The standard InChI is InChI=1S/C23H26F3N9O12P2S/c24-23(25,26)5-41-14-10-3-42-48(38,39)46-13-9(44-20(12(13)36)34-2-1-8-16(27)29-6-30-17(8)34)4-43-49(40,50)47-15(14)21(45-10)35-7-31-11-18(35)32-22(28)33-19(11)37/h1-2,6-7,9-10,12-15,20-21,36H,3-5H2,(H,38,39)(H,40,50)(H2,27,29,30)(H3,28,32,33,37). The number of anilines is 2. The number of H-pyrrole nitrogens is 1. The summed E-state index contributed by atoms with van der Waals surface area (Å²) in [5, 5.41) is 11.7. The molecule has 0 spiro atoms.